The van der Waals surface area contributed by atoms with Crippen LogP contribution in [-0.2, 0) is 30.2 Å². The Morgan fingerprint density at radius 3 is 2.50 bits per heavy atom. The van der Waals surface area contributed by atoms with Crippen LogP contribution in [0.3, 0.4) is 0 Å². The van der Waals surface area contributed by atoms with Crippen molar-refractivity contribution in [1.82, 2.24) is 24.7 Å². The van der Waals surface area contributed by atoms with E-state index in [1.165, 1.54) is 0 Å². The fourth-order valence-electron chi connectivity index (χ4n) is 3.29. The number of aryl methyl sites for hydroxylation is 1. The Morgan fingerprint density at radius 1 is 1.11 bits per heavy atom. The zero-order chi connectivity index (χ0) is 20.0. The van der Waals surface area contributed by atoms with Gasteiger partial charge < -0.3 is 10.6 Å². The molecule has 0 unspecified atom stereocenters. The van der Waals surface area contributed by atoms with Crippen LogP contribution in [-0.4, -0.2) is 48.6 Å². The van der Waals surface area contributed by atoms with E-state index in [1.54, 1.807) is 34.4 Å². The number of aliphatic imine (C=N–C) groups is 1. The minimum Gasteiger partial charge on any atom is -0.352 e. The molecule has 1 aliphatic heterocycles. The number of rotatable bonds is 6. The molecule has 28 heavy (non-hydrogen) atoms. The number of benzene rings is 1. The van der Waals surface area contributed by atoms with Gasteiger partial charge in [-0.2, -0.15) is 9.40 Å². The Bertz CT molecular complexity index is 916. The topological polar surface area (TPSA) is 91.6 Å². The third-order valence-electron chi connectivity index (χ3n) is 4.93. The summed E-state index contributed by atoms with van der Waals surface area (Å²) in [6.45, 7) is 2.13. The van der Waals surface area contributed by atoms with Crippen LogP contribution < -0.4 is 10.6 Å². The predicted molar refractivity (Wildman–Crippen MR) is 109 cm³/mol. The quantitative estimate of drug-likeness (QED) is 0.562. The van der Waals surface area contributed by atoms with Gasteiger partial charge in [0.1, 0.15) is 0 Å². The molecule has 3 rings (SSSR count). The second-order valence-corrected chi connectivity index (χ2v) is 8.70. The van der Waals surface area contributed by atoms with Crippen molar-refractivity contribution in [3.8, 4) is 0 Å². The Hall–Kier alpha value is -2.39. The van der Waals surface area contributed by atoms with Gasteiger partial charge in [0.2, 0.25) is 10.0 Å². The zero-order valence-corrected chi connectivity index (χ0v) is 17.2. The molecular formula is C19H28N6O2S. The summed E-state index contributed by atoms with van der Waals surface area (Å²) >= 11 is 0. The van der Waals surface area contributed by atoms with E-state index in [0.717, 1.165) is 30.5 Å². The summed E-state index contributed by atoms with van der Waals surface area (Å²) < 4.78 is 29.6. The smallest absolute Gasteiger partial charge is 0.243 e. The Morgan fingerprint density at radius 2 is 1.82 bits per heavy atom. The first-order valence-corrected chi connectivity index (χ1v) is 11.0. The molecule has 2 aromatic rings. The summed E-state index contributed by atoms with van der Waals surface area (Å²) in [5.74, 6) is 0.603. The molecule has 0 bridgehead atoms. The Kier molecular flexibility index (Phi) is 6.69. The van der Waals surface area contributed by atoms with E-state index >= 15 is 0 Å². The predicted octanol–water partition coefficient (Wildman–Crippen LogP) is 1.46. The highest BCUT2D eigenvalue weighted by Crippen LogP contribution is 2.23. The number of nitrogens with one attached hydrogen (secondary N) is 2. The van der Waals surface area contributed by atoms with Gasteiger partial charge in [-0.15, -0.1) is 0 Å². The van der Waals surface area contributed by atoms with Crippen molar-refractivity contribution < 1.29 is 8.42 Å². The highest BCUT2D eigenvalue weighted by atomic mass is 32.2. The molecule has 0 amide bonds. The first-order chi connectivity index (χ1) is 13.5. The van der Waals surface area contributed by atoms with Gasteiger partial charge >= 0.3 is 0 Å². The minimum atomic E-state index is -3.48. The van der Waals surface area contributed by atoms with Crippen LogP contribution in [0.1, 0.15) is 30.5 Å². The molecule has 1 saturated heterocycles. The molecule has 2 heterocycles. The lowest BCUT2D eigenvalue weighted by atomic mass is 10.2. The van der Waals surface area contributed by atoms with Gasteiger partial charge in [-0.25, -0.2) is 8.42 Å². The van der Waals surface area contributed by atoms with E-state index in [4.69, 9.17) is 0 Å². The van der Waals surface area contributed by atoms with Crippen LogP contribution in [0.4, 0.5) is 0 Å². The molecule has 0 atom stereocenters. The maximum atomic E-state index is 13.1. The van der Waals surface area contributed by atoms with Crippen LogP contribution in [0.2, 0.25) is 0 Å². The molecular weight excluding hydrogens is 376 g/mol. The zero-order valence-electron chi connectivity index (χ0n) is 16.4. The molecule has 0 radical (unpaired) electrons. The fourth-order valence-corrected chi connectivity index (χ4v) is 5.03. The lowest BCUT2D eigenvalue weighted by Crippen LogP contribution is -2.38. The Labute approximate surface area is 166 Å². The van der Waals surface area contributed by atoms with E-state index in [2.05, 4.69) is 20.7 Å². The summed E-state index contributed by atoms with van der Waals surface area (Å²) in [7, 11) is 0.0941. The van der Waals surface area contributed by atoms with Crippen molar-refractivity contribution in [2.75, 3.05) is 20.1 Å². The summed E-state index contributed by atoms with van der Waals surface area (Å²) in [4.78, 5) is 4.59. The second-order valence-electron chi connectivity index (χ2n) is 6.80. The van der Waals surface area contributed by atoms with Gasteiger partial charge in [0.25, 0.3) is 0 Å². The molecule has 9 heteroatoms. The van der Waals surface area contributed by atoms with E-state index in [9.17, 15) is 8.42 Å². The number of sulfonamides is 1. The maximum Gasteiger partial charge on any atom is 0.243 e. The number of hydrogen-bond acceptors (Lipinski definition) is 4. The SMILES string of the molecule is CN=C(NCc1ccccc1S(=O)(=O)N1CCCCC1)NCc1ccnn1C. The van der Waals surface area contributed by atoms with E-state index in [1.807, 2.05) is 25.2 Å². The molecule has 8 nitrogen and oxygen atoms in total. The van der Waals surface area contributed by atoms with E-state index < -0.39 is 10.0 Å². The molecule has 152 valence electrons. The fraction of sp³-hybridized carbons (Fsp3) is 0.474. The number of piperidine rings is 1. The number of hydrogen-bond donors (Lipinski definition) is 2. The summed E-state index contributed by atoms with van der Waals surface area (Å²) in [5.41, 5.74) is 1.76. The molecule has 1 aromatic heterocycles. The number of nitrogens with zero attached hydrogens (tertiary/aromatic N) is 4. The van der Waals surface area contributed by atoms with Crippen molar-refractivity contribution in [3.05, 3.63) is 47.8 Å². The van der Waals surface area contributed by atoms with Gasteiger partial charge in [-0.05, 0) is 30.5 Å². The molecule has 0 spiro atoms. The lowest BCUT2D eigenvalue weighted by Gasteiger charge is -2.27. The van der Waals surface area contributed by atoms with Crippen LogP contribution in [0.25, 0.3) is 0 Å². The van der Waals surface area contributed by atoms with Crippen molar-refractivity contribution in [2.24, 2.45) is 12.0 Å². The molecule has 2 N–H and O–H groups in total. The first kappa shape index (κ1) is 20.3. The third-order valence-corrected chi connectivity index (χ3v) is 6.93. The van der Waals surface area contributed by atoms with Crippen LogP contribution in [0.5, 0.6) is 0 Å². The highest BCUT2D eigenvalue weighted by molar-refractivity contribution is 7.89. The number of aromatic nitrogens is 2. The van der Waals surface area contributed by atoms with Crippen molar-refractivity contribution in [3.63, 3.8) is 0 Å². The maximum absolute atomic E-state index is 13.1. The normalized spacial score (nSPS) is 16.1. The first-order valence-electron chi connectivity index (χ1n) is 9.52. The van der Waals surface area contributed by atoms with Crippen molar-refractivity contribution >= 4 is 16.0 Å². The largest absolute Gasteiger partial charge is 0.352 e. The molecule has 1 aliphatic rings. The minimum absolute atomic E-state index is 0.367. The average molecular weight is 405 g/mol. The molecule has 0 saturated carbocycles. The van der Waals surface area contributed by atoms with Gasteiger partial charge in [0.15, 0.2) is 5.96 Å². The van der Waals surface area contributed by atoms with Gasteiger partial charge in [-0.3, -0.25) is 9.67 Å². The molecule has 1 aromatic carbocycles. The Balaban J connectivity index is 1.68. The van der Waals surface area contributed by atoms with E-state index in [0.29, 0.717) is 37.0 Å². The number of guanidine groups is 1. The van der Waals surface area contributed by atoms with Gasteiger partial charge in [0, 0.05) is 39.9 Å². The second kappa shape index (κ2) is 9.20. The van der Waals surface area contributed by atoms with Gasteiger partial charge in [0.05, 0.1) is 17.1 Å². The van der Waals surface area contributed by atoms with Crippen LogP contribution >= 0.6 is 0 Å². The lowest BCUT2D eigenvalue weighted by molar-refractivity contribution is 0.346. The molecule has 1 fully saturated rings. The van der Waals surface area contributed by atoms with Gasteiger partial charge in [-0.1, -0.05) is 24.6 Å². The third kappa shape index (κ3) is 4.71. The monoisotopic (exact) mass is 404 g/mol. The molecule has 0 aliphatic carbocycles. The summed E-state index contributed by atoms with van der Waals surface area (Å²) in [6.07, 6.45) is 4.68. The standard InChI is InChI=1S/C19H28N6O2S/c1-20-19(22-15-17-10-11-23-24(17)2)21-14-16-8-4-5-9-18(16)28(26,27)25-12-6-3-7-13-25/h4-5,8-11H,3,6-7,12-15H2,1-2H3,(H2,20,21,22). The van der Waals surface area contributed by atoms with Crippen LogP contribution in [0, 0.1) is 0 Å². The van der Waals surface area contributed by atoms with Crippen molar-refractivity contribution in [2.45, 2.75) is 37.2 Å². The average Bonchev–Trinajstić information content (AvgIpc) is 3.14. The highest BCUT2D eigenvalue weighted by Gasteiger charge is 2.27. The van der Waals surface area contributed by atoms with Crippen molar-refractivity contribution in [1.29, 1.82) is 0 Å². The van der Waals surface area contributed by atoms with Crippen LogP contribution in [0.15, 0.2) is 46.4 Å². The summed E-state index contributed by atoms with van der Waals surface area (Å²) in [5, 5.41) is 10.6. The van der Waals surface area contributed by atoms with E-state index in [-0.39, 0.29) is 0 Å². The summed E-state index contributed by atoms with van der Waals surface area (Å²) in [6, 6.07) is 9.10.